The summed E-state index contributed by atoms with van der Waals surface area (Å²) in [4.78, 5) is 22.9. The van der Waals surface area contributed by atoms with Crippen LogP contribution in [0.1, 0.15) is 18.4 Å². The third-order valence-electron chi connectivity index (χ3n) is 5.15. The first-order valence-corrected chi connectivity index (χ1v) is 10.2. The molecule has 1 unspecified atom stereocenters. The van der Waals surface area contributed by atoms with Gasteiger partial charge in [-0.15, -0.1) is 0 Å². The highest BCUT2D eigenvalue weighted by molar-refractivity contribution is 9.10. The smallest absolute Gasteiger partial charge is 0.225 e. The first-order chi connectivity index (χ1) is 13.6. The van der Waals surface area contributed by atoms with Crippen LogP contribution in [0.5, 0.6) is 5.75 Å². The van der Waals surface area contributed by atoms with Gasteiger partial charge < -0.3 is 19.9 Å². The molecule has 0 spiro atoms. The molecule has 2 N–H and O–H groups in total. The number of halogens is 1. The van der Waals surface area contributed by atoms with Crippen molar-refractivity contribution in [1.82, 2.24) is 15.3 Å². The molecule has 1 aliphatic heterocycles. The second-order valence-electron chi connectivity index (χ2n) is 7.07. The molecule has 6 nitrogen and oxygen atoms in total. The van der Waals surface area contributed by atoms with Crippen molar-refractivity contribution in [2.75, 3.05) is 25.1 Å². The second kappa shape index (κ2) is 8.22. The highest BCUT2D eigenvalue weighted by atomic mass is 79.9. The molecular formula is C21H23BrN4O2. The normalized spacial score (nSPS) is 16.9. The average molecular weight is 443 g/mol. The van der Waals surface area contributed by atoms with Crippen molar-refractivity contribution in [3.8, 4) is 5.75 Å². The van der Waals surface area contributed by atoms with Crippen LogP contribution in [0.2, 0.25) is 0 Å². The Kier molecular flexibility index (Phi) is 5.52. The van der Waals surface area contributed by atoms with Crippen LogP contribution in [0.25, 0.3) is 11.0 Å². The molecule has 146 valence electrons. The molecule has 3 aromatic rings. The zero-order chi connectivity index (χ0) is 19.5. The topological polar surface area (TPSA) is 70.2 Å². The minimum atomic E-state index is -0.0352. The Bertz CT molecular complexity index is 970. The van der Waals surface area contributed by atoms with Crippen molar-refractivity contribution in [3.05, 3.63) is 52.5 Å². The molecule has 7 heteroatoms. The SMILES string of the molecule is COc1ccc(CNC(=O)C2CCCN(c3nc4ccc(Br)cc4[nH]3)C2)cc1. The number of piperidine rings is 1. The van der Waals surface area contributed by atoms with Crippen LogP contribution in [0, 0.1) is 5.92 Å². The minimum absolute atomic E-state index is 0.0352. The molecule has 1 atom stereocenters. The van der Waals surface area contributed by atoms with Crippen molar-refractivity contribution in [1.29, 1.82) is 0 Å². The van der Waals surface area contributed by atoms with Crippen LogP contribution in [0.15, 0.2) is 46.9 Å². The number of aromatic amines is 1. The summed E-state index contributed by atoms with van der Waals surface area (Å²) in [6.45, 7) is 2.11. The van der Waals surface area contributed by atoms with Crippen LogP contribution >= 0.6 is 15.9 Å². The number of carbonyl (C=O) groups is 1. The lowest BCUT2D eigenvalue weighted by atomic mass is 9.97. The molecule has 2 aromatic carbocycles. The Labute approximate surface area is 172 Å². The molecular weight excluding hydrogens is 420 g/mol. The zero-order valence-electron chi connectivity index (χ0n) is 15.7. The van der Waals surface area contributed by atoms with E-state index < -0.39 is 0 Å². The number of carbonyl (C=O) groups excluding carboxylic acids is 1. The van der Waals surface area contributed by atoms with E-state index in [1.807, 2.05) is 42.5 Å². The fourth-order valence-electron chi connectivity index (χ4n) is 3.58. The number of fused-ring (bicyclic) bond motifs is 1. The number of amides is 1. The summed E-state index contributed by atoms with van der Waals surface area (Å²) in [5.41, 5.74) is 2.99. The summed E-state index contributed by atoms with van der Waals surface area (Å²) in [6.07, 6.45) is 1.87. The zero-order valence-corrected chi connectivity index (χ0v) is 17.3. The maximum Gasteiger partial charge on any atom is 0.225 e. The predicted octanol–water partition coefficient (Wildman–Crippen LogP) is 3.87. The van der Waals surface area contributed by atoms with Crippen molar-refractivity contribution in [3.63, 3.8) is 0 Å². The molecule has 1 amide bonds. The Hall–Kier alpha value is -2.54. The third kappa shape index (κ3) is 4.14. The number of ether oxygens (including phenoxy) is 1. The van der Waals surface area contributed by atoms with E-state index in [0.29, 0.717) is 13.1 Å². The van der Waals surface area contributed by atoms with Gasteiger partial charge in [0.15, 0.2) is 0 Å². The van der Waals surface area contributed by atoms with Gasteiger partial charge in [-0.1, -0.05) is 28.1 Å². The fraction of sp³-hybridized carbons (Fsp3) is 0.333. The Morgan fingerprint density at radius 3 is 2.93 bits per heavy atom. The summed E-state index contributed by atoms with van der Waals surface area (Å²) >= 11 is 3.49. The predicted molar refractivity (Wildman–Crippen MR) is 114 cm³/mol. The molecule has 1 saturated heterocycles. The first-order valence-electron chi connectivity index (χ1n) is 9.43. The van der Waals surface area contributed by atoms with Gasteiger partial charge in [-0.2, -0.15) is 0 Å². The monoisotopic (exact) mass is 442 g/mol. The fourth-order valence-corrected chi connectivity index (χ4v) is 3.94. The number of H-pyrrole nitrogens is 1. The van der Waals surface area contributed by atoms with Crippen molar-refractivity contribution in [2.24, 2.45) is 5.92 Å². The van der Waals surface area contributed by atoms with Crippen molar-refractivity contribution >= 4 is 38.8 Å². The maximum atomic E-state index is 12.7. The quantitative estimate of drug-likeness (QED) is 0.628. The minimum Gasteiger partial charge on any atom is -0.497 e. The first kappa shape index (κ1) is 18.8. The average Bonchev–Trinajstić information content (AvgIpc) is 3.15. The number of rotatable bonds is 5. The summed E-state index contributed by atoms with van der Waals surface area (Å²) in [5, 5.41) is 3.07. The van der Waals surface area contributed by atoms with Crippen molar-refractivity contribution in [2.45, 2.75) is 19.4 Å². The number of methoxy groups -OCH3 is 1. The van der Waals surface area contributed by atoms with Crippen LogP contribution in [0.4, 0.5) is 5.95 Å². The van der Waals surface area contributed by atoms with Crippen LogP contribution in [-0.4, -0.2) is 36.1 Å². The van der Waals surface area contributed by atoms with Gasteiger partial charge in [-0.05, 0) is 48.7 Å². The largest absolute Gasteiger partial charge is 0.497 e. The maximum absolute atomic E-state index is 12.7. The van der Waals surface area contributed by atoms with Gasteiger partial charge in [0.2, 0.25) is 11.9 Å². The summed E-state index contributed by atoms with van der Waals surface area (Å²) in [6, 6.07) is 13.8. The summed E-state index contributed by atoms with van der Waals surface area (Å²) in [5.74, 6) is 1.71. The molecule has 1 fully saturated rings. The van der Waals surface area contributed by atoms with Crippen molar-refractivity contribution < 1.29 is 9.53 Å². The number of imidazole rings is 1. The van der Waals surface area contributed by atoms with E-state index in [0.717, 1.165) is 52.2 Å². The Balaban J connectivity index is 1.38. The van der Waals surface area contributed by atoms with E-state index in [1.165, 1.54) is 0 Å². The Morgan fingerprint density at radius 1 is 1.32 bits per heavy atom. The molecule has 0 bridgehead atoms. The number of aromatic nitrogens is 2. The number of hydrogen-bond donors (Lipinski definition) is 2. The second-order valence-corrected chi connectivity index (χ2v) is 7.99. The molecule has 0 saturated carbocycles. The van der Waals surface area contributed by atoms with Gasteiger partial charge >= 0.3 is 0 Å². The number of nitrogens with one attached hydrogen (secondary N) is 2. The number of nitrogens with zero attached hydrogens (tertiary/aromatic N) is 2. The number of anilines is 1. The lowest BCUT2D eigenvalue weighted by Crippen LogP contribution is -2.43. The third-order valence-corrected chi connectivity index (χ3v) is 5.64. The highest BCUT2D eigenvalue weighted by Crippen LogP contribution is 2.25. The van der Waals surface area contributed by atoms with Gasteiger partial charge in [-0.3, -0.25) is 4.79 Å². The van der Waals surface area contributed by atoms with Crippen LogP contribution < -0.4 is 15.0 Å². The van der Waals surface area contributed by atoms with E-state index >= 15 is 0 Å². The van der Waals surface area contributed by atoms with E-state index in [4.69, 9.17) is 4.74 Å². The van der Waals surface area contributed by atoms with E-state index in [9.17, 15) is 4.79 Å². The number of benzene rings is 2. The van der Waals surface area contributed by atoms with Crippen LogP contribution in [0.3, 0.4) is 0 Å². The van der Waals surface area contributed by atoms with Gasteiger partial charge in [0.25, 0.3) is 0 Å². The summed E-state index contributed by atoms with van der Waals surface area (Å²) < 4.78 is 6.19. The van der Waals surface area contributed by atoms with E-state index in [-0.39, 0.29) is 11.8 Å². The molecule has 2 heterocycles. The van der Waals surface area contributed by atoms with E-state index in [2.05, 4.69) is 36.1 Å². The van der Waals surface area contributed by atoms with Gasteiger partial charge in [0.1, 0.15) is 5.75 Å². The van der Waals surface area contributed by atoms with Gasteiger partial charge in [0.05, 0.1) is 24.1 Å². The molecule has 1 aromatic heterocycles. The molecule has 4 rings (SSSR count). The van der Waals surface area contributed by atoms with E-state index in [1.54, 1.807) is 7.11 Å². The standard InChI is InChI=1S/C21H23BrN4O2/c1-28-17-7-4-14(5-8-17)12-23-20(27)15-3-2-10-26(13-15)21-24-18-9-6-16(22)11-19(18)25-21/h4-9,11,15H,2-3,10,12-13H2,1H3,(H,23,27)(H,24,25). The highest BCUT2D eigenvalue weighted by Gasteiger charge is 2.27. The molecule has 0 radical (unpaired) electrons. The molecule has 0 aliphatic carbocycles. The summed E-state index contributed by atoms with van der Waals surface area (Å²) in [7, 11) is 1.65. The van der Waals surface area contributed by atoms with Gasteiger partial charge in [-0.25, -0.2) is 4.98 Å². The van der Waals surface area contributed by atoms with Gasteiger partial charge in [0, 0.05) is 24.1 Å². The molecule has 1 aliphatic rings. The lowest BCUT2D eigenvalue weighted by molar-refractivity contribution is -0.125. The van der Waals surface area contributed by atoms with Crippen LogP contribution in [-0.2, 0) is 11.3 Å². The number of hydrogen-bond acceptors (Lipinski definition) is 4. The Morgan fingerprint density at radius 2 is 2.14 bits per heavy atom. The lowest BCUT2D eigenvalue weighted by Gasteiger charge is -2.31. The molecule has 28 heavy (non-hydrogen) atoms.